The maximum absolute atomic E-state index is 13.0. The Hall–Kier alpha value is -2.22. The minimum Gasteiger partial charge on any atom is -0.444 e. The Morgan fingerprint density at radius 2 is 2.00 bits per heavy atom. The van der Waals surface area contributed by atoms with E-state index in [2.05, 4.69) is 20.5 Å². The van der Waals surface area contributed by atoms with Gasteiger partial charge in [-0.3, -0.25) is 0 Å². The van der Waals surface area contributed by atoms with Crippen molar-refractivity contribution < 1.29 is 8.81 Å². The summed E-state index contributed by atoms with van der Waals surface area (Å²) < 4.78 is 20.4. The second kappa shape index (κ2) is 6.72. The summed E-state index contributed by atoms with van der Waals surface area (Å²) in [6.45, 7) is 0. The van der Waals surface area contributed by atoms with Gasteiger partial charge >= 0.3 is 0 Å². The highest BCUT2D eigenvalue weighted by Gasteiger charge is 2.21. The second-order valence-corrected chi connectivity index (χ2v) is 6.73. The third kappa shape index (κ3) is 3.19. The van der Waals surface area contributed by atoms with Crippen molar-refractivity contribution >= 4 is 11.8 Å². The van der Waals surface area contributed by atoms with Crippen molar-refractivity contribution in [3.63, 3.8) is 0 Å². The first-order valence-corrected chi connectivity index (χ1v) is 8.89. The summed E-state index contributed by atoms with van der Waals surface area (Å²) in [7, 11) is 0. The molecular formula is C16H16FN5OS. The van der Waals surface area contributed by atoms with Crippen LogP contribution in [-0.4, -0.2) is 25.2 Å². The normalized spacial score (nSPS) is 15.2. The molecule has 1 fully saturated rings. The monoisotopic (exact) mass is 345 g/mol. The Morgan fingerprint density at radius 3 is 2.79 bits per heavy atom. The molecule has 3 aromatic rings. The molecule has 2 heterocycles. The Kier molecular flexibility index (Phi) is 4.29. The van der Waals surface area contributed by atoms with Gasteiger partial charge in [-0.15, -0.1) is 5.10 Å². The molecule has 8 heteroatoms. The summed E-state index contributed by atoms with van der Waals surface area (Å²) in [5.74, 6) is 0.832. The molecule has 0 bridgehead atoms. The third-order valence-corrected chi connectivity index (χ3v) is 5.09. The van der Waals surface area contributed by atoms with Crippen LogP contribution in [-0.2, 0) is 5.75 Å². The van der Waals surface area contributed by atoms with Gasteiger partial charge in [0.2, 0.25) is 11.0 Å². The minimum atomic E-state index is -0.278. The molecule has 4 rings (SSSR count). The van der Waals surface area contributed by atoms with E-state index in [9.17, 15) is 4.39 Å². The standard InChI is InChI=1S/C16H16FN5OS/c17-12-7-5-11(6-8-12)15-18-13(9-23-15)10-24-16-19-20-21-22(16)14-3-1-2-4-14/h5-9,14H,1-4,10H2. The van der Waals surface area contributed by atoms with Crippen LogP contribution in [0.4, 0.5) is 4.39 Å². The molecule has 6 nitrogen and oxygen atoms in total. The predicted molar refractivity (Wildman–Crippen MR) is 86.8 cm³/mol. The highest BCUT2D eigenvalue weighted by Crippen LogP contribution is 2.32. The van der Waals surface area contributed by atoms with E-state index in [-0.39, 0.29) is 5.82 Å². The molecule has 0 saturated heterocycles. The topological polar surface area (TPSA) is 69.6 Å². The van der Waals surface area contributed by atoms with Gasteiger partial charge in [-0.1, -0.05) is 24.6 Å². The molecule has 1 aliphatic carbocycles. The van der Waals surface area contributed by atoms with Gasteiger partial charge in [0, 0.05) is 11.3 Å². The zero-order valence-electron chi connectivity index (χ0n) is 12.9. The van der Waals surface area contributed by atoms with Crippen molar-refractivity contribution in [3.8, 4) is 11.5 Å². The Bertz CT molecular complexity index is 810. The van der Waals surface area contributed by atoms with E-state index in [0.29, 0.717) is 17.7 Å². The summed E-state index contributed by atoms with van der Waals surface area (Å²) >= 11 is 1.55. The molecule has 124 valence electrons. The fourth-order valence-corrected chi connectivity index (χ4v) is 3.72. The minimum absolute atomic E-state index is 0.278. The molecule has 2 aromatic heterocycles. The van der Waals surface area contributed by atoms with E-state index < -0.39 is 0 Å². The molecule has 0 unspecified atom stereocenters. The Labute approximate surface area is 142 Å². The zero-order valence-corrected chi connectivity index (χ0v) is 13.7. The van der Waals surface area contributed by atoms with Crippen LogP contribution in [0.5, 0.6) is 0 Å². The van der Waals surface area contributed by atoms with Crippen LogP contribution in [0.25, 0.3) is 11.5 Å². The van der Waals surface area contributed by atoms with Crippen molar-refractivity contribution in [2.24, 2.45) is 0 Å². The lowest BCUT2D eigenvalue weighted by molar-refractivity contribution is 0.423. The number of hydrogen-bond donors (Lipinski definition) is 0. The molecule has 0 N–H and O–H groups in total. The molecule has 1 aromatic carbocycles. The number of halogens is 1. The fraction of sp³-hybridized carbons (Fsp3) is 0.375. The first kappa shape index (κ1) is 15.3. The number of aromatic nitrogens is 5. The van der Waals surface area contributed by atoms with E-state index >= 15 is 0 Å². The highest BCUT2D eigenvalue weighted by atomic mass is 32.2. The van der Waals surface area contributed by atoms with Crippen LogP contribution in [0.15, 0.2) is 40.1 Å². The maximum Gasteiger partial charge on any atom is 0.226 e. The summed E-state index contributed by atoms with van der Waals surface area (Å²) in [4.78, 5) is 4.45. The smallest absolute Gasteiger partial charge is 0.226 e. The molecule has 1 saturated carbocycles. The van der Waals surface area contributed by atoms with Gasteiger partial charge in [-0.05, 0) is 47.5 Å². The first-order chi connectivity index (χ1) is 11.8. The molecule has 0 radical (unpaired) electrons. The fourth-order valence-electron chi connectivity index (χ4n) is 2.90. The zero-order chi connectivity index (χ0) is 16.4. The van der Waals surface area contributed by atoms with Crippen molar-refractivity contribution in [2.75, 3.05) is 0 Å². The van der Waals surface area contributed by atoms with Crippen molar-refractivity contribution in [2.45, 2.75) is 42.6 Å². The summed E-state index contributed by atoms with van der Waals surface area (Å²) in [5, 5.41) is 12.9. The van der Waals surface area contributed by atoms with Crippen LogP contribution in [0.1, 0.15) is 37.4 Å². The molecular weight excluding hydrogens is 329 g/mol. The maximum atomic E-state index is 13.0. The molecule has 24 heavy (non-hydrogen) atoms. The van der Waals surface area contributed by atoms with E-state index in [1.54, 1.807) is 30.2 Å². The largest absolute Gasteiger partial charge is 0.444 e. The van der Waals surface area contributed by atoms with Crippen LogP contribution < -0.4 is 0 Å². The number of tetrazole rings is 1. The molecule has 0 spiro atoms. The quantitative estimate of drug-likeness (QED) is 0.654. The highest BCUT2D eigenvalue weighted by molar-refractivity contribution is 7.98. The van der Waals surface area contributed by atoms with E-state index in [4.69, 9.17) is 4.42 Å². The van der Waals surface area contributed by atoms with Crippen LogP contribution in [0.2, 0.25) is 0 Å². The lowest BCUT2D eigenvalue weighted by Crippen LogP contribution is -2.08. The van der Waals surface area contributed by atoms with Crippen molar-refractivity contribution in [1.29, 1.82) is 0 Å². The summed E-state index contributed by atoms with van der Waals surface area (Å²) in [6.07, 6.45) is 6.36. The van der Waals surface area contributed by atoms with Crippen LogP contribution >= 0.6 is 11.8 Å². The number of rotatable bonds is 5. The second-order valence-electron chi connectivity index (χ2n) is 5.78. The lowest BCUT2D eigenvalue weighted by atomic mass is 10.2. The van der Waals surface area contributed by atoms with Gasteiger partial charge in [0.05, 0.1) is 11.7 Å². The van der Waals surface area contributed by atoms with E-state index in [1.165, 1.54) is 25.0 Å². The number of oxazole rings is 1. The Morgan fingerprint density at radius 1 is 1.21 bits per heavy atom. The molecule has 1 aliphatic rings. The van der Waals surface area contributed by atoms with Gasteiger partial charge < -0.3 is 4.42 Å². The Balaban J connectivity index is 1.44. The van der Waals surface area contributed by atoms with Crippen molar-refractivity contribution in [1.82, 2.24) is 25.2 Å². The average molecular weight is 345 g/mol. The van der Waals surface area contributed by atoms with Gasteiger partial charge in [0.15, 0.2) is 0 Å². The SMILES string of the molecule is Fc1ccc(-c2nc(CSc3nnnn3C3CCCC3)co2)cc1. The first-order valence-electron chi connectivity index (χ1n) is 7.90. The number of thioether (sulfide) groups is 1. The summed E-state index contributed by atoms with van der Waals surface area (Å²) in [6, 6.07) is 6.50. The third-order valence-electron chi connectivity index (χ3n) is 4.13. The number of benzene rings is 1. The van der Waals surface area contributed by atoms with Gasteiger partial charge in [-0.2, -0.15) is 0 Å². The summed E-state index contributed by atoms with van der Waals surface area (Å²) in [5.41, 5.74) is 1.56. The predicted octanol–water partition coefficient (Wildman–Crippen LogP) is 3.87. The molecule has 0 atom stereocenters. The molecule has 0 amide bonds. The van der Waals surface area contributed by atoms with Gasteiger partial charge in [0.1, 0.15) is 12.1 Å². The number of nitrogens with zero attached hydrogens (tertiary/aromatic N) is 5. The van der Waals surface area contributed by atoms with Crippen LogP contribution in [0.3, 0.4) is 0 Å². The van der Waals surface area contributed by atoms with Crippen LogP contribution in [0, 0.1) is 5.82 Å². The van der Waals surface area contributed by atoms with Gasteiger partial charge in [0.25, 0.3) is 0 Å². The van der Waals surface area contributed by atoms with E-state index in [0.717, 1.165) is 29.3 Å². The van der Waals surface area contributed by atoms with E-state index in [1.807, 2.05) is 4.68 Å². The number of hydrogen-bond acceptors (Lipinski definition) is 6. The average Bonchev–Trinajstić information content (AvgIpc) is 3.34. The van der Waals surface area contributed by atoms with Gasteiger partial charge in [-0.25, -0.2) is 14.1 Å². The van der Waals surface area contributed by atoms with Crippen molar-refractivity contribution in [3.05, 3.63) is 42.0 Å². The lowest BCUT2D eigenvalue weighted by Gasteiger charge is -2.10. The molecule has 0 aliphatic heterocycles.